The van der Waals surface area contributed by atoms with Crippen molar-refractivity contribution in [2.24, 2.45) is 17.8 Å². The highest BCUT2D eigenvalue weighted by atomic mass is 19.1. The number of ether oxygens (including phenoxy) is 1. The lowest BCUT2D eigenvalue weighted by atomic mass is 9.87. The second-order valence-corrected chi connectivity index (χ2v) is 11.0. The molecule has 3 amide bonds. The number of nitrogens with zero attached hydrogens (tertiary/aromatic N) is 1. The van der Waals surface area contributed by atoms with Gasteiger partial charge in [0, 0.05) is 43.0 Å². The van der Waals surface area contributed by atoms with Crippen molar-refractivity contribution in [1.29, 1.82) is 0 Å². The van der Waals surface area contributed by atoms with Gasteiger partial charge in [-0.25, -0.2) is 9.18 Å². The summed E-state index contributed by atoms with van der Waals surface area (Å²) in [5.41, 5.74) is 0.662. The fourth-order valence-corrected chi connectivity index (χ4v) is 4.89. The molecule has 43 heavy (non-hydrogen) atoms. The Morgan fingerprint density at radius 3 is 2.49 bits per heavy atom. The van der Waals surface area contributed by atoms with Gasteiger partial charge in [-0.05, 0) is 56.7 Å². The number of hydrogen-bond acceptors (Lipinski definition) is 8. The first-order valence-electron chi connectivity index (χ1n) is 14.4. The number of aromatic nitrogens is 1. The average molecular weight is 599 g/mol. The van der Waals surface area contributed by atoms with E-state index in [0.29, 0.717) is 24.3 Å². The zero-order valence-corrected chi connectivity index (χ0v) is 24.9. The van der Waals surface area contributed by atoms with Crippen molar-refractivity contribution < 1.29 is 37.6 Å². The summed E-state index contributed by atoms with van der Waals surface area (Å²) in [4.78, 5) is 64.3. The minimum Gasteiger partial charge on any atom is -0.463 e. The third-order valence-corrected chi connectivity index (χ3v) is 7.15. The molecule has 0 spiro atoms. The molecular formula is C31H39FN4O7. The summed E-state index contributed by atoms with van der Waals surface area (Å²) in [7, 11) is 0. The van der Waals surface area contributed by atoms with Crippen LogP contribution in [0.15, 0.2) is 47.0 Å². The molecule has 2 heterocycles. The summed E-state index contributed by atoms with van der Waals surface area (Å²) in [6.45, 7) is 7.55. The monoisotopic (exact) mass is 598 g/mol. The molecule has 1 aliphatic rings. The van der Waals surface area contributed by atoms with Gasteiger partial charge in [-0.3, -0.25) is 19.2 Å². The zero-order chi connectivity index (χ0) is 31.5. The van der Waals surface area contributed by atoms with Crippen LogP contribution in [0.2, 0.25) is 0 Å². The molecule has 1 aromatic heterocycles. The van der Waals surface area contributed by atoms with Gasteiger partial charge in [-0.2, -0.15) is 0 Å². The molecule has 1 saturated heterocycles. The van der Waals surface area contributed by atoms with Crippen LogP contribution in [0.5, 0.6) is 0 Å². The molecule has 11 nitrogen and oxygen atoms in total. The lowest BCUT2D eigenvalue weighted by Gasteiger charge is -2.25. The quantitative estimate of drug-likeness (QED) is 0.209. The summed E-state index contributed by atoms with van der Waals surface area (Å²) >= 11 is 0. The second-order valence-electron chi connectivity index (χ2n) is 11.0. The maximum Gasteiger partial charge on any atom is 0.330 e. The van der Waals surface area contributed by atoms with Gasteiger partial charge in [-0.1, -0.05) is 37.2 Å². The van der Waals surface area contributed by atoms with Crippen molar-refractivity contribution in [2.75, 3.05) is 13.2 Å². The van der Waals surface area contributed by atoms with Gasteiger partial charge >= 0.3 is 5.97 Å². The van der Waals surface area contributed by atoms with Crippen LogP contribution in [0.25, 0.3) is 0 Å². The molecule has 0 bridgehead atoms. The Morgan fingerprint density at radius 2 is 1.91 bits per heavy atom. The van der Waals surface area contributed by atoms with E-state index in [1.165, 1.54) is 42.5 Å². The van der Waals surface area contributed by atoms with Crippen molar-refractivity contribution in [3.63, 3.8) is 0 Å². The molecule has 12 heteroatoms. The predicted molar refractivity (Wildman–Crippen MR) is 154 cm³/mol. The summed E-state index contributed by atoms with van der Waals surface area (Å²) in [6.07, 6.45) is 3.38. The molecule has 1 aliphatic heterocycles. The molecular weight excluding hydrogens is 559 g/mol. The maximum absolute atomic E-state index is 13.7. The Labute approximate surface area is 250 Å². The van der Waals surface area contributed by atoms with E-state index in [9.17, 15) is 28.4 Å². The minimum atomic E-state index is -0.922. The first-order chi connectivity index (χ1) is 20.5. The molecule has 2 aromatic rings. The average Bonchev–Trinajstić information content (AvgIpc) is 3.58. The fourth-order valence-electron chi connectivity index (χ4n) is 4.89. The standard InChI is InChI=1S/C31H39FN4O7/c1-5-42-27(38)11-10-24(16-21-12-13-33-29(21)39)34-30(40)22(15-20-6-8-23(32)9-7-20)17-26(37)28(18(2)3)35-31(41)25-14-19(4)43-36-25/h6-11,14,18,21-22,24,28H,5,12-13,15-17H2,1-4H3,(H,33,39)(H,34,40)(H,35,41)/b11-10+. The number of nitrogens with one attached hydrogen (secondary N) is 3. The number of ketones is 1. The summed E-state index contributed by atoms with van der Waals surface area (Å²) < 4.78 is 23.5. The number of esters is 1. The molecule has 232 valence electrons. The highest BCUT2D eigenvalue weighted by Gasteiger charge is 2.32. The molecule has 4 atom stereocenters. The molecule has 3 N–H and O–H groups in total. The minimum absolute atomic E-state index is 0.0312. The maximum atomic E-state index is 13.7. The summed E-state index contributed by atoms with van der Waals surface area (Å²) in [5, 5.41) is 12.1. The molecule has 0 aliphatic carbocycles. The normalized spacial score (nSPS) is 16.9. The van der Waals surface area contributed by atoms with E-state index in [4.69, 9.17) is 9.26 Å². The highest BCUT2D eigenvalue weighted by molar-refractivity contribution is 5.97. The zero-order valence-electron chi connectivity index (χ0n) is 24.9. The van der Waals surface area contributed by atoms with Crippen molar-refractivity contribution in [3.8, 4) is 0 Å². The van der Waals surface area contributed by atoms with Gasteiger partial charge in [-0.15, -0.1) is 0 Å². The third-order valence-electron chi connectivity index (χ3n) is 7.15. The van der Waals surface area contributed by atoms with E-state index >= 15 is 0 Å². The molecule has 0 radical (unpaired) electrons. The number of aryl methyl sites for hydroxylation is 1. The van der Waals surface area contributed by atoms with Crippen molar-refractivity contribution >= 4 is 29.5 Å². The van der Waals surface area contributed by atoms with E-state index in [2.05, 4.69) is 21.1 Å². The van der Waals surface area contributed by atoms with Gasteiger partial charge < -0.3 is 25.2 Å². The number of amides is 3. The molecule has 3 rings (SSSR count). The van der Waals surface area contributed by atoms with Gasteiger partial charge in [0.15, 0.2) is 11.5 Å². The Morgan fingerprint density at radius 1 is 1.19 bits per heavy atom. The number of Topliss-reactive ketones (excluding diaryl/α,β-unsaturated/α-hetero) is 1. The van der Waals surface area contributed by atoms with E-state index in [1.807, 2.05) is 0 Å². The van der Waals surface area contributed by atoms with Crippen LogP contribution < -0.4 is 16.0 Å². The van der Waals surface area contributed by atoms with E-state index in [0.717, 1.165) is 0 Å². The molecule has 1 fully saturated rings. The third kappa shape index (κ3) is 10.2. The number of carbonyl (C=O) groups is 5. The van der Waals surface area contributed by atoms with E-state index in [-0.39, 0.29) is 55.1 Å². The molecule has 1 aromatic carbocycles. The van der Waals surface area contributed by atoms with Crippen LogP contribution >= 0.6 is 0 Å². The number of carbonyl (C=O) groups excluding carboxylic acids is 5. The number of benzene rings is 1. The Bertz CT molecular complexity index is 1320. The van der Waals surface area contributed by atoms with Crippen LogP contribution in [0, 0.1) is 30.5 Å². The Hall–Kier alpha value is -4.35. The van der Waals surface area contributed by atoms with Crippen molar-refractivity contribution in [2.45, 2.75) is 65.5 Å². The van der Waals surface area contributed by atoms with Crippen LogP contribution in [-0.4, -0.2) is 59.9 Å². The van der Waals surface area contributed by atoms with Crippen LogP contribution in [-0.2, 0) is 30.3 Å². The van der Waals surface area contributed by atoms with Gasteiger partial charge in [0.2, 0.25) is 11.8 Å². The first-order valence-corrected chi connectivity index (χ1v) is 14.4. The Kier molecular flexibility index (Phi) is 12.2. The summed E-state index contributed by atoms with van der Waals surface area (Å²) in [5.74, 6) is -3.75. The SMILES string of the molecule is CCOC(=O)/C=C/C(CC1CCNC1=O)NC(=O)C(CC(=O)C(NC(=O)c1cc(C)on1)C(C)C)Cc1ccc(F)cc1. The number of rotatable bonds is 15. The van der Waals surface area contributed by atoms with Crippen LogP contribution in [0.1, 0.15) is 61.8 Å². The smallest absolute Gasteiger partial charge is 0.330 e. The Balaban J connectivity index is 1.82. The molecule has 4 unspecified atom stereocenters. The van der Waals surface area contributed by atoms with E-state index in [1.54, 1.807) is 27.7 Å². The lowest BCUT2D eigenvalue weighted by Crippen LogP contribution is -2.47. The van der Waals surface area contributed by atoms with Crippen LogP contribution in [0.3, 0.4) is 0 Å². The van der Waals surface area contributed by atoms with Crippen LogP contribution in [0.4, 0.5) is 4.39 Å². The largest absolute Gasteiger partial charge is 0.463 e. The summed E-state index contributed by atoms with van der Waals surface area (Å²) in [6, 6.07) is 5.45. The first kappa shape index (κ1) is 33.2. The van der Waals surface area contributed by atoms with Gasteiger partial charge in [0.1, 0.15) is 11.6 Å². The van der Waals surface area contributed by atoms with Gasteiger partial charge in [0.05, 0.1) is 12.6 Å². The lowest BCUT2D eigenvalue weighted by molar-refractivity contribution is -0.137. The number of halogens is 1. The van der Waals surface area contributed by atoms with Crippen molar-refractivity contribution in [3.05, 3.63) is 65.3 Å². The van der Waals surface area contributed by atoms with Crippen molar-refractivity contribution in [1.82, 2.24) is 21.1 Å². The second kappa shape index (κ2) is 15.8. The topological polar surface area (TPSA) is 157 Å². The fraction of sp³-hybridized carbons (Fsp3) is 0.484. The highest BCUT2D eigenvalue weighted by Crippen LogP contribution is 2.21. The predicted octanol–water partition coefficient (Wildman–Crippen LogP) is 2.82. The molecule has 0 saturated carbocycles. The van der Waals surface area contributed by atoms with Gasteiger partial charge in [0.25, 0.3) is 5.91 Å². The van der Waals surface area contributed by atoms with E-state index < -0.39 is 41.6 Å². The number of hydrogen-bond donors (Lipinski definition) is 3.